The lowest BCUT2D eigenvalue weighted by Crippen LogP contribution is -2.03. The van der Waals surface area contributed by atoms with Gasteiger partial charge in [-0.25, -0.2) is 14.3 Å². The van der Waals surface area contributed by atoms with Gasteiger partial charge in [0.1, 0.15) is 5.56 Å². The fourth-order valence-corrected chi connectivity index (χ4v) is 0.960. The number of hydrogen-bond acceptors (Lipinski definition) is 5. The van der Waals surface area contributed by atoms with Crippen molar-refractivity contribution in [2.75, 3.05) is 6.61 Å². The molecule has 1 aromatic heterocycles. The van der Waals surface area contributed by atoms with Gasteiger partial charge in [0.25, 0.3) is 0 Å². The fraction of sp³-hybridized carbons (Fsp3) is 0.375. The highest BCUT2D eigenvalue weighted by Gasteiger charge is 2.16. The van der Waals surface area contributed by atoms with Gasteiger partial charge in [-0.15, -0.1) is 4.99 Å². The third kappa shape index (κ3) is 1.86. The quantitative estimate of drug-likeness (QED) is 0.401. The van der Waals surface area contributed by atoms with E-state index in [1.54, 1.807) is 14.0 Å². The van der Waals surface area contributed by atoms with Crippen LogP contribution in [0.1, 0.15) is 17.3 Å². The van der Waals surface area contributed by atoms with E-state index in [0.29, 0.717) is 0 Å². The fourth-order valence-electron chi connectivity index (χ4n) is 0.960. The number of esters is 1. The van der Waals surface area contributed by atoms with Crippen LogP contribution in [0.25, 0.3) is 0 Å². The minimum absolute atomic E-state index is 0.151. The summed E-state index contributed by atoms with van der Waals surface area (Å²) in [7, 11) is 1.57. The molecule has 0 aliphatic carbocycles. The number of rotatable bonds is 3. The number of ether oxygens (including phenoxy) is 1. The van der Waals surface area contributed by atoms with Crippen molar-refractivity contribution >= 4 is 17.9 Å². The molecule has 1 aromatic rings. The molecule has 0 aliphatic rings. The lowest BCUT2D eigenvalue weighted by atomic mass is 10.3. The molecular formula is C8H9N3O3. The van der Waals surface area contributed by atoms with Crippen molar-refractivity contribution < 1.29 is 14.3 Å². The molecule has 0 saturated carbocycles. The van der Waals surface area contributed by atoms with Crippen LogP contribution in [0.4, 0.5) is 5.82 Å². The SMILES string of the molecule is CCOC(=O)c1cnn(C)c1N=C=O. The number of isocyanates is 1. The normalized spacial score (nSPS) is 9.29. The smallest absolute Gasteiger partial charge is 0.343 e. The predicted octanol–water partition coefficient (Wildman–Crippen LogP) is 0.564. The number of carbonyl (C=O) groups is 1. The zero-order chi connectivity index (χ0) is 10.6. The van der Waals surface area contributed by atoms with E-state index in [-0.39, 0.29) is 18.0 Å². The van der Waals surface area contributed by atoms with Gasteiger partial charge in [-0.1, -0.05) is 0 Å². The first-order valence-electron chi connectivity index (χ1n) is 3.97. The molecule has 1 rings (SSSR count). The Hall–Kier alpha value is -1.94. The summed E-state index contributed by atoms with van der Waals surface area (Å²) in [5.41, 5.74) is 0.165. The molecule has 1 heterocycles. The number of hydrogen-bond donors (Lipinski definition) is 0. The van der Waals surface area contributed by atoms with Crippen LogP contribution in [0.15, 0.2) is 11.2 Å². The summed E-state index contributed by atoms with van der Waals surface area (Å²) in [5.74, 6) is -0.395. The molecule has 0 radical (unpaired) electrons. The number of carbonyl (C=O) groups excluding carboxylic acids is 2. The molecule has 0 aromatic carbocycles. The largest absolute Gasteiger partial charge is 0.462 e. The van der Waals surface area contributed by atoms with E-state index >= 15 is 0 Å². The topological polar surface area (TPSA) is 73.5 Å². The molecule has 0 spiro atoms. The molecule has 6 nitrogen and oxygen atoms in total. The van der Waals surface area contributed by atoms with Crippen LogP contribution < -0.4 is 0 Å². The highest BCUT2D eigenvalue weighted by molar-refractivity contribution is 5.94. The van der Waals surface area contributed by atoms with E-state index in [4.69, 9.17) is 4.74 Å². The van der Waals surface area contributed by atoms with Gasteiger partial charge in [0.15, 0.2) is 5.82 Å². The molecule has 0 atom stereocenters. The van der Waals surface area contributed by atoms with Crippen LogP contribution in [0, 0.1) is 0 Å². The first-order valence-corrected chi connectivity index (χ1v) is 3.97. The van der Waals surface area contributed by atoms with Gasteiger partial charge in [0.05, 0.1) is 12.8 Å². The van der Waals surface area contributed by atoms with Crippen molar-refractivity contribution in [1.29, 1.82) is 0 Å². The zero-order valence-electron chi connectivity index (χ0n) is 7.85. The second kappa shape index (κ2) is 4.34. The number of nitrogens with zero attached hydrogens (tertiary/aromatic N) is 3. The molecule has 0 saturated heterocycles. The summed E-state index contributed by atoms with van der Waals surface area (Å²) in [6.07, 6.45) is 2.65. The van der Waals surface area contributed by atoms with Crippen molar-refractivity contribution in [3.8, 4) is 0 Å². The van der Waals surface area contributed by atoms with Gasteiger partial charge in [-0.2, -0.15) is 5.10 Å². The summed E-state index contributed by atoms with van der Waals surface area (Å²) in [4.78, 5) is 24.7. The van der Waals surface area contributed by atoms with E-state index in [0.717, 1.165) is 0 Å². The third-order valence-corrected chi connectivity index (χ3v) is 1.55. The average molecular weight is 195 g/mol. The Morgan fingerprint density at radius 3 is 3.07 bits per heavy atom. The third-order valence-electron chi connectivity index (χ3n) is 1.55. The highest BCUT2D eigenvalue weighted by Crippen LogP contribution is 2.17. The van der Waals surface area contributed by atoms with E-state index in [2.05, 4.69) is 10.1 Å². The lowest BCUT2D eigenvalue weighted by Gasteiger charge is -1.99. The number of aliphatic imine (C=N–C) groups is 1. The van der Waals surface area contributed by atoms with Crippen LogP contribution in [0.5, 0.6) is 0 Å². The Labute approximate surface area is 80.2 Å². The van der Waals surface area contributed by atoms with Gasteiger partial charge >= 0.3 is 5.97 Å². The van der Waals surface area contributed by atoms with E-state index in [9.17, 15) is 9.59 Å². The Balaban J connectivity index is 3.08. The van der Waals surface area contributed by atoms with Gasteiger partial charge < -0.3 is 4.74 Å². The Morgan fingerprint density at radius 2 is 2.50 bits per heavy atom. The molecular weight excluding hydrogens is 186 g/mol. The average Bonchev–Trinajstić information content (AvgIpc) is 2.50. The van der Waals surface area contributed by atoms with E-state index < -0.39 is 5.97 Å². The van der Waals surface area contributed by atoms with E-state index in [1.165, 1.54) is 17.0 Å². The first kappa shape index (κ1) is 10.1. The van der Waals surface area contributed by atoms with Crippen LogP contribution in [-0.2, 0) is 16.6 Å². The lowest BCUT2D eigenvalue weighted by molar-refractivity contribution is 0.0527. The first-order chi connectivity index (χ1) is 6.70. The minimum Gasteiger partial charge on any atom is -0.462 e. The summed E-state index contributed by atoms with van der Waals surface area (Å²) >= 11 is 0. The second-order valence-corrected chi connectivity index (χ2v) is 2.43. The molecule has 6 heteroatoms. The zero-order valence-corrected chi connectivity index (χ0v) is 7.85. The summed E-state index contributed by atoms with van der Waals surface area (Å²) < 4.78 is 6.05. The Kier molecular flexibility index (Phi) is 3.14. The maximum atomic E-state index is 11.3. The molecule has 14 heavy (non-hydrogen) atoms. The van der Waals surface area contributed by atoms with Crippen molar-refractivity contribution in [3.05, 3.63) is 11.8 Å². The molecule has 0 unspecified atom stereocenters. The number of aryl methyl sites for hydroxylation is 1. The molecule has 0 amide bonds. The van der Waals surface area contributed by atoms with Gasteiger partial charge in [-0.05, 0) is 6.92 Å². The summed E-state index contributed by atoms with van der Waals surface area (Å²) in [6.45, 7) is 1.95. The minimum atomic E-state index is -0.547. The van der Waals surface area contributed by atoms with Gasteiger partial charge in [0.2, 0.25) is 6.08 Å². The molecule has 0 fully saturated rings. The molecule has 0 bridgehead atoms. The van der Waals surface area contributed by atoms with Crippen molar-refractivity contribution in [3.63, 3.8) is 0 Å². The standard InChI is InChI=1S/C8H9N3O3/c1-3-14-8(13)6-4-10-11(2)7(6)9-5-12/h4H,3H2,1-2H3. The predicted molar refractivity (Wildman–Crippen MR) is 46.9 cm³/mol. The van der Waals surface area contributed by atoms with Crippen molar-refractivity contribution in [1.82, 2.24) is 9.78 Å². The second-order valence-electron chi connectivity index (χ2n) is 2.43. The van der Waals surface area contributed by atoms with Crippen LogP contribution in [0.3, 0.4) is 0 Å². The van der Waals surface area contributed by atoms with Crippen LogP contribution >= 0.6 is 0 Å². The number of aromatic nitrogens is 2. The summed E-state index contributed by atoms with van der Waals surface area (Å²) in [5, 5.41) is 3.78. The maximum absolute atomic E-state index is 11.3. The highest BCUT2D eigenvalue weighted by atomic mass is 16.5. The van der Waals surface area contributed by atoms with Crippen LogP contribution in [-0.4, -0.2) is 28.4 Å². The molecule has 0 aliphatic heterocycles. The van der Waals surface area contributed by atoms with Crippen molar-refractivity contribution in [2.45, 2.75) is 6.92 Å². The monoisotopic (exact) mass is 195 g/mol. The maximum Gasteiger partial charge on any atom is 0.343 e. The Bertz CT molecular complexity index is 391. The summed E-state index contributed by atoms with van der Waals surface area (Å²) in [6, 6.07) is 0. The molecule has 0 N–H and O–H groups in total. The Morgan fingerprint density at radius 1 is 1.79 bits per heavy atom. The molecule has 74 valence electrons. The van der Waals surface area contributed by atoms with Crippen molar-refractivity contribution in [2.24, 2.45) is 12.0 Å². The van der Waals surface area contributed by atoms with Gasteiger partial charge in [-0.3, -0.25) is 0 Å². The van der Waals surface area contributed by atoms with Crippen LogP contribution in [0.2, 0.25) is 0 Å². The van der Waals surface area contributed by atoms with Gasteiger partial charge in [0, 0.05) is 7.05 Å². The van der Waals surface area contributed by atoms with E-state index in [1.807, 2.05) is 0 Å².